The van der Waals surface area contributed by atoms with Crippen molar-refractivity contribution < 1.29 is 42.3 Å². The van der Waals surface area contributed by atoms with E-state index in [1.165, 1.54) is 11.2 Å². The molecule has 5 aromatic carbocycles. The Balaban J connectivity index is 0.918. The fourth-order valence-corrected chi connectivity index (χ4v) is 12.4. The summed E-state index contributed by atoms with van der Waals surface area (Å²) in [5.74, 6) is 1.98. The third kappa shape index (κ3) is 12.1. The van der Waals surface area contributed by atoms with Crippen LogP contribution in [0.15, 0.2) is 134 Å². The molecule has 4 atom stereocenters. The molecule has 1 saturated heterocycles. The molecule has 1 aliphatic carbocycles. The summed E-state index contributed by atoms with van der Waals surface area (Å²) in [5.41, 5.74) is 6.65. The minimum Gasteiger partial charge on any atom is -0.497 e. The molecule has 0 bridgehead atoms. The summed E-state index contributed by atoms with van der Waals surface area (Å²) < 4.78 is 47.4. The molecule has 2 N–H and O–H groups in total. The second-order valence-electron chi connectivity index (χ2n) is 20.0. The number of anilines is 3. The number of benzene rings is 5. The van der Waals surface area contributed by atoms with Crippen molar-refractivity contribution in [2.45, 2.75) is 95.4 Å². The monoisotopic (exact) mass is 1080 g/mol. The number of rotatable bonds is 24. The Bertz CT molecular complexity index is 2920. The van der Waals surface area contributed by atoms with Gasteiger partial charge in [-0.2, -0.15) is 5.26 Å². The summed E-state index contributed by atoms with van der Waals surface area (Å²) in [5, 5.41) is 15.9. The number of methoxy groups -OCH3 is 2. The summed E-state index contributed by atoms with van der Waals surface area (Å²) in [7, 11) is 3.28. The lowest BCUT2D eigenvalue weighted by Crippen LogP contribution is -2.40. The van der Waals surface area contributed by atoms with Crippen molar-refractivity contribution in [3.63, 3.8) is 0 Å². The summed E-state index contributed by atoms with van der Waals surface area (Å²) in [4.78, 5) is 39.4. The normalized spacial score (nSPS) is 17.0. The highest BCUT2D eigenvalue weighted by atomic mass is 31.2. The molecule has 18 heteroatoms. The second kappa shape index (κ2) is 25.5. The lowest BCUT2D eigenvalue weighted by atomic mass is 9.80. The zero-order valence-electron chi connectivity index (χ0n) is 45.3. The Hall–Kier alpha value is -7.16. The lowest BCUT2D eigenvalue weighted by Gasteiger charge is -2.39. The number of aromatic nitrogens is 2. The molecule has 1 unspecified atom stereocenters. The summed E-state index contributed by atoms with van der Waals surface area (Å²) in [6.45, 7) is 9.53. The highest BCUT2D eigenvalue weighted by Crippen LogP contribution is 2.51. The van der Waals surface area contributed by atoms with Gasteiger partial charge in [-0.15, -0.1) is 0 Å². The van der Waals surface area contributed by atoms with Crippen molar-refractivity contribution in [3.05, 3.63) is 162 Å². The van der Waals surface area contributed by atoms with E-state index in [-0.39, 0.29) is 56.6 Å². The standard InChI is InChI=1S/C60H69N8O9P/c1-40(2)68(41(3)4)78(75-34-16-32-61)77-52-35-55(76-53(52)37-74-60(42-17-9-8-10-18-42,43-24-28-45(71-6)29-25-43)44-26-30-46(72-7)31-27-44)67-39-64-56-57(62-38-63-58(56)67)65-54(69)23-15-33-66(5)59(70)73-36-51-49-21-13-11-19-47(49)48-20-12-14-22-50(48)51/h8-14,17-22,24-31,38,40-41,51-53,55,64H,15-16,23,33-37,39H2,1-7H3,(H,62,63,65,69)/t52-,53-,55-,78?/m1/s1. The Morgan fingerprint density at radius 1 is 0.833 bits per heavy atom. The fourth-order valence-electron chi connectivity index (χ4n) is 10.6. The number of nitrogens with zero attached hydrogens (tertiary/aromatic N) is 6. The van der Waals surface area contributed by atoms with Gasteiger partial charge < -0.3 is 53.2 Å². The summed E-state index contributed by atoms with van der Waals surface area (Å²) in [6.07, 6.45) is 0.345. The van der Waals surface area contributed by atoms with Gasteiger partial charge in [-0.1, -0.05) is 103 Å². The van der Waals surface area contributed by atoms with Crippen molar-refractivity contribution in [2.75, 3.05) is 69.8 Å². The lowest BCUT2D eigenvalue weighted by molar-refractivity contribution is -0.116. The van der Waals surface area contributed by atoms with E-state index in [1.54, 1.807) is 21.3 Å². The van der Waals surface area contributed by atoms with Crippen molar-refractivity contribution in [1.82, 2.24) is 19.5 Å². The van der Waals surface area contributed by atoms with Crippen LogP contribution in [0.1, 0.15) is 87.1 Å². The quantitative estimate of drug-likeness (QED) is 0.0331. The maximum atomic E-state index is 13.5. The first-order valence-corrected chi connectivity index (χ1v) is 27.7. The molecule has 3 aliphatic rings. The Labute approximate surface area is 458 Å². The number of carbonyl (C=O) groups is 2. The molecule has 0 radical (unpaired) electrons. The molecule has 2 amide bonds. The third-order valence-electron chi connectivity index (χ3n) is 14.4. The van der Waals surface area contributed by atoms with Crippen LogP contribution in [-0.4, -0.2) is 116 Å². The Kier molecular flexibility index (Phi) is 18.2. The number of carbonyl (C=O) groups excluding carboxylic acids is 2. The number of nitriles is 1. The van der Waals surface area contributed by atoms with Gasteiger partial charge in [0.2, 0.25) is 5.91 Å². The predicted octanol–water partition coefficient (Wildman–Crippen LogP) is 11.1. The molecule has 2 aliphatic heterocycles. The maximum Gasteiger partial charge on any atom is 0.409 e. The molecule has 1 aromatic heterocycles. The van der Waals surface area contributed by atoms with Crippen molar-refractivity contribution >= 4 is 37.8 Å². The van der Waals surface area contributed by atoms with Crippen LogP contribution in [0.25, 0.3) is 11.1 Å². The first kappa shape index (κ1) is 55.6. The highest BCUT2D eigenvalue weighted by molar-refractivity contribution is 7.44. The van der Waals surface area contributed by atoms with E-state index >= 15 is 0 Å². The van der Waals surface area contributed by atoms with Crippen molar-refractivity contribution in [3.8, 4) is 28.7 Å². The number of hydrogen-bond donors (Lipinski definition) is 2. The zero-order valence-corrected chi connectivity index (χ0v) is 46.2. The molecule has 0 spiro atoms. The van der Waals surface area contributed by atoms with Crippen molar-refractivity contribution in [1.29, 1.82) is 5.26 Å². The smallest absolute Gasteiger partial charge is 0.409 e. The highest BCUT2D eigenvalue weighted by Gasteiger charge is 2.47. The number of nitrogens with one attached hydrogen (secondary N) is 2. The topological polar surface area (TPSA) is 182 Å². The number of hydrogen-bond acceptors (Lipinski definition) is 15. The minimum atomic E-state index is -1.68. The van der Waals surface area contributed by atoms with Crippen LogP contribution in [0.4, 0.5) is 22.1 Å². The number of fused-ring (bicyclic) bond motifs is 4. The average molecular weight is 1080 g/mol. The van der Waals surface area contributed by atoms with E-state index in [2.05, 4.69) is 90.5 Å². The third-order valence-corrected chi connectivity index (χ3v) is 16.5. The molecule has 78 heavy (non-hydrogen) atoms. The molecular formula is C60H69N8O9P. The van der Waals surface area contributed by atoms with Crippen LogP contribution in [-0.2, 0) is 33.7 Å². The molecule has 408 valence electrons. The minimum absolute atomic E-state index is 0.0503. The second-order valence-corrected chi connectivity index (χ2v) is 21.4. The Morgan fingerprint density at radius 3 is 2.04 bits per heavy atom. The molecule has 1 fully saturated rings. The van der Waals surface area contributed by atoms with Gasteiger partial charge in [0, 0.05) is 44.4 Å². The SMILES string of the molecule is COc1ccc(C(OC[C@H]2O[C@@H](N3CNc4c(NC(=O)CCCN(C)C(=O)OCC5c6ccccc6-c6ccccc65)ncnc43)C[C@H]2OP(OCCC#N)N(C(C)C)C(C)C)(c2ccccc2)c2ccc(OC)cc2)cc1. The Morgan fingerprint density at radius 2 is 1.44 bits per heavy atom. The first-order chi connectivity index (χ1) is 37.9. The van der Waals surface area contributed by atoms with Crippen LogP contribution < -0.4 is 25.0 Å². The van der Waals surface area contributed by atoms with Crippen LogP contribution in [0.2, 0.25) is 0 Å². The molecule has 9 rings (SSSR count). The van der Waals surface area contributed by atoms with Crippen molar-refractivity contribution in [2.24, 2.45) is 0 Å². The van der Waals surface area contributed by atoms with Crippen LogP contribution >= 0.6 is 8.53 Å². The van der Waals surface area contributed by atoms with E-state index in [4.69, 9.17) is 37.7 Å². The van der Waals surface area contributed by atoms with E-state index in [1.807, 2.05) is 95.9 Å². The van der Waals surface area contributed by atoms with Gasteiger partial charge >= 0.3 is 6.09 Å². The largest absolute Gasteiger partial charge is 0.497 e. The molecular weight excluding hydrogens is 1010 g/mol. The summed E-state index contributed by atoms with van der Waals surface area (Å²) >= 11 is 0. The summed E-state index contributed by atoms with van der Waals surface area (Å²) in [6, 6.07) is 44.6. The fraction of sp³-hybridized carbons (Fsp3) is 0.383. The van der Waals surface area contributed by atoms with Gasteiger partial charge in [0.05, 0.1) is 52.7 Å². The van der Waals surface area contributed by atoms with Crippen LogP contribution in [0.5, 0.6) is 11.5 Å². The number of amides is 2. The average Bonchev–Trinajstić information content (AvgIpc) is 4.33. The molecule has 3 heterocycles. The van der Waals surface area contributed by atoms with E-state index in [9.17, 15) is 14.9 Å². The first-order valence-electron chi connectivity index (χ1n) is 26.5. The van der Waals surface area contributed by atoms with Gasteiger partial charge in [-0.25, -0.2) is 19.4 Å². The van der Waals surface area contributed by atoms with Gasteiger partial charge in [-0.05, 0) is 97.3 Å². The van der Waals surface area contributed by atoms with E-state index in [0.717, 1.165) is 38.9 Å². The van der Waals surface area contributed by atoms with E-state index in [0.29, 0.717) is 54.9 Å². The number of ether oxygens (including phenoxy) is 5. The van der Waals surface area contributed by atoms with E-state index < -0.39 is 38.7 Å². The van der Waals surface area contributed by atoms with Crippen LogP contribution in [0.3, 0.4) is 0 Å². The van der Waals surface area contributed by atoms with Crippen LogP contribution in [0, 0.1) is 11.3 Å². The predicted molar refractivity (Wildman–Crippen MR) is 300 cm³/mol. The van der Waals surface area contributed by atoms with Gasteiger partial charge in [-0.3, -0.25) is 4.79 Å². The van der Waals surface area contributed by atoms with Gasteiger partial charge in [0.1, 0.15) is 48.1 Å². The van der Waals surface area contributed by atoms with Gasteiger partial charge in [0.25, 0.3) is 8.53 Å². The molecule has 17 nitrogen and oxygen atoms in total. The maximum absolute atomic E-state index is 13.5. The zero-order chi connectivity index (χ0) is 54.8. The van der Waals surface area contributed by atoms with Gasteiger partial charge in [0.15, 0.2) is 11.6 Å². The molecule has 6 aromatic rings. The molecule has 0 saturated carbocycles.